The van der Waals surface area contributed by atoms with E-state index in [0.29, 0.717) is 13.2 Å². The molecule has 1 aliphatic heterocycles. The number of hydrogen-bond acceptors (Lipinski definition) is 7. The molecule has 1 fully saturated rings. The summed E-state index contributed by atoms with van der Waals surface area (Å²) in [7, 11) is 0. The van der Waals surface area contributed by atoms with Gasteiger partial charge in [-0.3, -0.25) is 9.36 Å². The number of ether oxygens (including phenoxy) is 1. The van der Waals surface area contributed by atoms with Crippen molar-refractivity contribution in [2.75, 3.05) is 30.5 Å². The summed E-state index contributed by atoms with van der Waals surface area (Å²) in [4.78, 5) is 17.1. The Morgan fingerprint density at radius 2 is 2.03 bits per heavy atom. The Bertz CT molecular complexity index is 1260. The van der Waals surface area contributed by atoms with Gasteiger partial charge in [-0.05, 0) is 24.6 Å². The third kappa shape index (κ3) is 5.20. The van der Waals surface area contributed by atoms with Crippen molar-refractivity contribution in [3.63, 3.8) is 0 Å². The standard InChI is InChI=1S/C24H24F3N5O3/c25-17-2-1-3-18(26)16(17)10-29-20-4-6-32(24(34)15(20)9-28)22-8-23(30-11-19(22)27)31-21(12-33)14-5-7-35-13-14/h1-4,6,8-9,11,14,21,28-29,33H,5,7,10,12-13H2,(H,30,31). The predicted octanol–water partition coefficient (Wildman–Crippen LogP) is 3.07. The second kappa shape index (κ2) is 10.7. The van der Waals surface area contributed by atoms with Crippen LogP contribution in [0.15, 0.2) is 47.5 Å². The predicted molar refractivity (Wildman–Crippen MR) is 125 cm³/mol. The maximum atomic E-state index is 14.7. The van der Waals surface area contributed by atoms with E-state index in [4.69, 9.17) is 10.1 Å². The highest BCUT2D eigenvalue weighted by Crippen LogP contribution is 2.23. The van der Waals surface area contributed by atoms with Crippen molar-refractivity contribution in [3.8, 4) is 5.69 Å². The van der Waals surface area contributed by atoms with E-state index in [1.165, 1.54) is 24.4 Å². The Hall–Kier alpha value is -3.70. The zero-order valence-electron chi connectivity index (χ0n) is 18.6. The molecule has 1 saturated heterocycles. The molecule has 0 bridgehead atoms. The minimum absolute atomic E-state index is 0.0622. The first-order valence-corrected chi connectivity index (χ1v) is 11.0. The number of nitrogens with one attached hydrogen (secondary N) is 3. The molecule has 2 unspecified atom stereocenters. The lowest BCUT2D eigenvalue weighted by Gasteiger charge is -2.22. The molecule has 0 saturated carbocycles. The van der Waals surface area contributed by atoms with E-state index in [1.54, 1.807) is 0 Å². The summed E-state index contributed by atoms with van der Waals surface area (Å²) in [6.45, 7) is 0.646. The first-order chi connectivity index (χ1) is 16.9. The molecule has 35 heavy (non-hydrogen) atoms. The molecule has 2 aromatic heterocycles. The zero-order chi connectivity index (χ0) is 24.9. The second-order valence-electron chi connectivity index (χ2n) is 8.09. The molecule has 4 rings (SSSR count). The van der Waals surface area contributed by atoms with Gasteiger partial charge in [0.15, 0.2) is 5.82 Å². The maximum absolute atomic E-state index is 14.7. The number of nitrogens with zero attached hydrogens (tertiary/aromatic N) is 2. The van der Waals surface area contributed by atoms with Crippen LogP contribution in [-0.4, -0.2) is 46.7 Å². The third-order valence-corrected chi connectivity index (χ3v) is 5.95. The molecule has 184 valence electrons. The second-order valence-corrected chi connectivity index (χ2v) is 8.09. The van der Waals surface area contributed by atoms with E-state index in [9.17, 15) is 23.1 Å². The Labute approximate surface area is 198 Å². The van der Waals surface area contributed by atoms with Gasteiger partial charge in [-0.15, -0.1) is 0 Å². The van der Waals surface area contributed by atoms with Crippen molar-refractivity contribution in [1.82, 2.24) is 9.55 Å². The number of halogens is 3. The van der Waals surface area contributed by atoms with Crippen LogP contribution >= 0.6 is 0 Å². The van der Waals surface area contributed by atoms with Crippen LogP contribution in [0.5, 0.6) is 0 Å². The van der Waals surface area contributed by atoms with Gasteiger partial charge in [0.05, 0.1) is 42.4 Å². The van der Waals surface area contributed by atoms with E-state index in [2.05, 4.69) is 15.6 Å². The quantitative estimate of drug-likeness (QED) is 0.345. The number of aliphatic hydroxyl groups is 1. The molecule has 2 atom stereocenters. The summed E-state index contributed by atoms with van der Waals surface area (Å²) in [6.07, 6.45) is 3.81. The molecule has 0 aliphatic carbocycles. The molecule has 1 aromatic carbocycles. The fraction of sp³-hybridized carbons (Fsp3) is 0.292. The molecule has 4 N–H and O–H groups in total. The van der Waals surface area contributed by atoms with E-state index in [-0.39, 0.29) is 53.4 Å². The minimum Gasteiger partial charge on any atom is -0.394 e. The van der Waals surface area contributed by atoms with E-state index >= 15 is 0 Å². The van der Waals surface area contributed by atoms with Crippen molar-refractivity contribution in [1.29, 1.82) is 5.41 Å². The van der Waals surface area contributed by atoms with Gasteiger partial charge < -0.3 is 25.9 Å². The fourth-order valence-electron chi connectivity index (χ4n) is 3.98. The topological polar surface area (TPSA) is 112 Å². The molecule has 0 radical (unpaired) electrons. The highest BCUT2D eigenvalue weighted by molar-refractivity contribution is 5.85. The molecule has 3 aromatic rings. The van der Waals surface area contributed by atoms with Crippen LogP contribution in [-0.2, 0) is 11.3 Å². The Morgan fingerprint density at radius 1 is 1.26 bits per heavy atom. The first kappa shape index (κ1) is 24.4. The van der Waals surface area contributed by atoms with Crippen molar-refractivity contribution in [2.24, 2.45) is 5.92 Å². The fourth-order valence-corrected chi connectivity index (χ4v) is 3.98. The summed E-state index contributed by atoms with van der Waals surface area (Å²) in [5.41, 5.74) is -0.987. The van der Waals surface area contributed by atoms with Crippen molar-refractivity contribution in [2.45, 2.75) is 19.0 Å². The number of anilines is 2. The average Bonchev–Trinajstić information content (AvgIpc) is 3.38. The SMILES string of the molecule is N=Cc1c(NCc2c(F)cccc2F)ccn(-c2cc(NC(CO)C3CCOC3)ncc2F)c1=O. The van der Waals surface area contributed by atoms with Gasteiger partial charge in [-0.2, -0.15) is 0 Å². The van der Waals surface area contributed by atoms with Crippen LogP contribution in [0.1, 0.15) is 17.5 Å². The van der Waals surface area contributed by atoms with Crippen molar-refractivity contribution < 1.29 is 23.0 Å². The van der Waals surface area contributed by atoms with Gasteiger partial charge in [0, 0.05) is 43.1 Å². The summed E-state index contributed by atoms with van der Waals surface area (Å²) in [5, 5.41) is 23.3. The lowest BCUT2D eigenvalue weighted by Crippen LogP contribution is -2.33. The summed E-state index contributed by atoms with van der Waals surface area (Å²) >= 11 is 0. The first-order valence-electron chi connectivity index (χ1n) is 11.0. The summed E-state index contributed by atoms with van der Waals surface area (Å²) in [6, 6.07) is 5.88. The number of hydrogen-bond donors (Lipinski definition) is 4. The van der Waals surface area contributed by atoms with Crippen LogP contribution in [0.2, 0.25) is 0 Å². The van der Waals surface area contributed by atoms with Gasteiger partial charge in [-0.25, -0.2) is 18.2 Å². The largest absolute Gasteiger partial charge is 0.394 e. The molecular weight excluding hydrogens is 463 g/mol. The molecular formula is C24H24F3N5O3. The normalized spacial score (nSPS) is 16.2. The van der Waals surface area contributed by atoms with Crippen molar-refractivity contribution >= 4 is 17.7 Å². The van der Waals surface area contributed by atoms with E-state index in [1.807, 2.05) is 0 Å². The summed E-state index contributed by atoms with van der Waals surface area (Å²) in [5.74, 6) is -1.94. The van der Waals surface area contributed by atoms with E-state index in [0.717, 1.165) is 35.5 Å². The average molecular weight is 487 g/mol. The monoisotopic (exact) mass is 487 g/mol. The number of rotatable bonds is 9. The van der Waals surface area contributed by atoms with Crippen LogP contribution in [0, 0.1) is 28.8 Å². The van der Waals surface area contributed by atoms with Gasteiger partial charge in [0.25, 0.3) is 5.56 Å². The smallest absolute Gasteiger partial charge is 0.266 e. The van der Waals surface area contributed by atoms with Crippen molar-refractivity contribution in [3.05, 3.63) is 81.7 Å². The number of benzene rings is 1. The molecule has 3 heterocycles. The third-order valence-electron chi connectivity index (χ3n) is 5.95. The number of aromatic nitrogens is 2. The molecule has 11 heteroatoms. The molecule has 8 nitrogen and oxygen atoms in total. The lowest BCUT2D eigenvalue weighted by molar-refractivity contribution is 0.169. The minimum atomic E-state index is -0.771. The van der Waals surface area contributed by atoms with Crippen LogP contribution in [0.25, 0.3) is 5.69 Å². The maximum Gasteiger partial charge on any atom is 0.266 e. The molecule has 0 amide bonds. The van der Waals surface area contributed by atoms with Gasteiger partial charge in [0.1, 0.15) is 17.5 Å². The number of aliphatic hydroxyl groups excluding tert-OH is 1. The Balaban J connectivity index is 1.62. The highest BCUT2D eigenvalue weighted by Gasteiger charge is 2.26. The summed E-state index contributed by atoms with van der Waals surface area (Å²) < 4.78 is 48.9. The Morgan fingerprint density at radius 3 is 2.69 bits per heavy atom. The lowest BCUT2D eigenvalue weighted by atomic mass is 10.00. The highest BCUT2D eigenvalue weighted by atomic mass is 19.1. The van der Waals surface area contributed by atoms with Crippen LogP contribution in [0.3, 0.4) is 0 Å². The number of pyridine rings is 2. The molecule has 1 aliphatic rings. The van der Waals surface area contributed by atoms with Gasteiger partial charge >= 0.3 is 0 Å². The van der Waals surface area contributed by atoms with E-state index < -0.39 is 23.0 Å². The van der Waals surface area contributed by atoms with Crippen LogP contribution < -0.4 is 16.2 Å². The van der Waals surface area contributed by atoms with Gasteiger partial charge in [-0.1, -0.05) is 6.07 Å². The zero-order valence-corrected chi connectivity index (χ0v) is 18.6. The van der Waals surface area contributed by atoms with Gasteiger partial charge in [0.2, 0.25) is 0 Å². The molecule has 0 spiro atoms. The van der Waals surface area contributed by atoms with Crippen LogP contribution in [0.4, 0.5) is 24.7 Å². The Kier molecular flexibility index (Phi) is 7.47.